The first-order chi connectivity index (χ1) is 13.9. The molecule has 2 aliphatic rings. The van der Waals surface area contributed by atoms with Crippen LogP contribution in [0.2, 0.25) is 5.02 Å². The highest BCUT2D eigenvalue weighted by atomic mass is 35.5. The fourth-order valence-electron chi connectivity index (χ4n) is 4.49. The highest BCUT2D eigenvalue weighted by Gasteiger charge is 2.43. The molecule has 0 amide bonds. The maximum absolute atomic E-state index is 6.50. The number of piperidine rings is 1. The van der Waals surface area contributed by atoms with Crippen LogP contribution in [0.4, 0.5) is 17.5 Å². The molecule has 2 aromatic rings. The second-order valence-corrected chi connectivity index (χ2v) is 9.62. The van der Waals surface area contributed by atoms with Crippen LogP contribution >= 0.6 is 23.4 Å². The van der Waals surface area contributed by atoms with Gasteiger partial charge in [0.15, 0.2) is 5.82 Å². The monoisotopic (exact) mass is 433 g/mol. The Morgan fingerprint density at radius 2 is 2.00 bits per heavy atom. The van der Waals surface area contributed by atoms with Crippen molar-refractivity contribution in [3.8, 4) is 0 Å². The average Bonchev–Trinajstić information content (AvgIpc) is 3.05. The minimum absolute atomic E-state index is 0.327. The van der Waals surface area contributed by atoms with E-state index in [1.54, 1.807) is 6.20 Å². The van der Waals surface area contributed by atoms with Crippen molar-refractivity contribution in [1.82, 2.24) is 15.0 Å². The number of hydrogen-bond acceptors (Lipinski definition) is 8. The summed E-state index contributed by atoms with van der Waals surface area (Å²) in [6, 6.07) is 2.21. The fourth-order valence-corrected chi connectivity index (χ4v) is 5.66. The van der Waals surface area contributed by atoms with Gasteiger partial charge in [0.25, 0.3) is 0 Å². The first-order valence-electron chi connectivity index (χ1n) is 10.0. The Balaban J connectivity index is 1.47. The van der Waals surface area contributed by atoms with Crippen molar-refractivity contribution < 1.29 is 0 Å². The van der Waals surface area contributed by atoms with E-state index in [1.807, 2.05) is 31.3 Å². The van der Waals surface area contributed by atoms with Crippen LogP contribution in [-0.4, -0.2) is 48.2 Å². The minimum atomic E-state index is 0.327. The molecule has 4 rings (SSSR count). The molecule has 29 heavy (non-hydrogen) atoms. The lowest BCUT2D eigenvalue weighted by Crippen LogP contribution is -2.47. The summed E-state index contributed by atoms with van der Waals surface area (Å²) in [6.45, 7) is 1.91. The molecule has 7 nitrogen and oxygen atoms in total. The molecule has 1 aliphatic heterocycles. The van der Waals surface area contributed by atoms with Crippen LogP contribution in [0.15, 0.2) is 28.4 Å². The van der Waals surface area contributed by atoms with Gasteiger partial charge in [-0.05, 0) is 37.2 Å². The third kappa shape index (κ3) is 3.98. The molecule has 2 aromatic heterocycles. The summed E-state index contributed by atoms with van der Waals surface area (Å²) in [5.41, 5.74) is 13.0. The number of nitrogens with two attached hydrogens (primary N) is 2. The molecule has 1 unspecified atom stereocenters. The van der Waals surface area contributed by atoms with Crippen molar-refractivity contribution >= 4 is 40.8 Å². The molecular weight excluding hydrogens is 406 g/mol. The Hall–Kier alpha value is -1.77. The van der Waals surface area contributed by atoms with Gasteiger partial charge in [-0.25, -0.2) is 15.0 Å². The summed E-state index contributed by atoms with van der Waals surface area (Å²) in [7, 11) is 3.82. The normalized spacial score (nSPS) is 21.0. The highest BCUT2D eigenvalue weighted by molar-refractivity contribution is 7.99. The van der Waals surface area contributed by atoms with E-state index in [4.69, 9.17) is 23.1 Å². The molecule has 156 valence electrons. The Labute approximate surface area is 181 Å². The van der Waals surface area contributed by atoms with Crippen LogP contribution in [0.5, 0.6) is 0 Å². The lowest BCUT2D eigenvalue weighted by atomic mass is 9.74. The van der Waals surface area contributed by atoms with Crippen molar-refractivity contribution in [2.45, 2.75) is 48.1 Å². The lowest BCUT2D eigenvalue weighted by molar-refractivity contribution is 0.197. The van der Waals surface area contributed by atoms with E-state index < -0.39 is 0 Å². The van der Waals surface area contributed by atoms with Crippen LogP contribution in [0.3, 0.4) is 0 Å². The standard InChI is InChI=1S/C20H28ClN7S/c1-27(2)18-16(21)13(5-9-24-18)29-19-17(23)26-15(12-25-19)28-10-7-20(8-11-28)6-3-4-14(20)22/h5,9,12,14H,3-4,6-8,10-11,22H2,1-2H3,(H2,23,26). The second-order valence-electron chi connectivity index (χ2n) is 8.21. The van der Waals surface area contributed by atoms with Gasteiger partial charge in [0.1, 0.15) is 16.7 Å². The minimum Gasteiger partial charge on any atom is -0.381 e. The Morgan fingerprint density at radius 3 is 2.62 bits per heavy atom. The van der Waals surface area contributed by atoms with Crippen molar-refractivity contribution in [3.63, 3.8) is 0 Å². The second kappa shape index (κ2) is 8.16. The molecule has 0 aromatic carbocycles. The number of pyridine rings is 1. The first kappa shape index (κ1) is 20.5. The zero-order valence-corrected chi connectivity index (χ0v) is 18.5. The number of halogens is 1. The lowest BCUT2D eigenvalue weighted by Gasteiger charge is -2.42. The summed E-state index contributed by atoms with van der Waals surface area (Å²) in [6.07, 6.45) is 9.45. The maximum atomic E-state index is 6.50. The molecule has 2 fully saturated rings. The van der Waals surface area contributed by atoms with Gasteiger partial charge in [-0.3, -0.25) is 0 Å². The van der Waals surface area contributed by atoms with Gasteiger partial charge in [-0.2, -0.15) is 0 Å². The fraction of sp³-hybridized carbons (Fsp3) is 0.550. The van der Waals surface area contributed by atoms with E-state index in [2.05, 4.69) is 19.9 Å². The van der Waals surface area contributed by atoms with E-state index >= 15 is 0 Å². The van der Waals surface area contributed by atoms with Crippen LogP contribution in [-0.2, 0) is 0 Å². The van der Waals surface area contributed by atoms with E-state index in [0.29, 0.717) is 33.1 Å². The van der Waals surface area contributed by atoms with E-state index in [1.165, 1.54) is 24.6 Å². The summed E-state index contributed by atoms with van der Waals surface area (Å²) in [5, 5.41) is 1.24. The third-order valence-corrected chi connectivity index (χ3v) is 7.83. The van der Waals surface area contributed by atoms with Crippen molar-refractivity contribution in [2.24, 2.45) is 11.1 Å². The Morgan fingerprint density at radius 1 is 1.24 bits per heavy atom. The van der Waals surface area contributed by atoms with Crippen molar-refractivity contribution in [1.29, 1.82) is 0 Å². The predicted octanol–water partition coefficient (Wildman–Crippen LogP) is 3.42. The number of nitrogens with zero attached hydrogens (tertiary/aromatic N) is 5. The van der Waals surface area contributed by atoms with Crippen LogP contribution < -0.4 is 21.3 Å². The van der Waals surface area contributed by atoms with Crippen LogP contribution in [0.1, 0.15) is 32.1 Å². The Kier molecular flexibility index (Phi) is 5.77. The number of aromatic nitrogens is 3. The molecule has 9 heteroatoms. The number of hydrogen-bond donors (Lipinski definition) is 2. The number of anilines is 3. The van der Waals surface area contributed by atoms with Crippen LogP contribution in [0, 0.1) is 5.41 Å². The molecule has 3 heterocycles. The largest absolute Gasteiger partial charge is 0.381 e. The molecule has 0 bridgehead atoms. The van der Waals surface area contributed by atoms with Gasteiger partial charge < -0.3 is 21.3 Å². The molecule has 0 radical (unpaired) electrons. The quantitative estimate of drug-likeness (QED) is 0.756. The number of rotatable bonds is 4. The van der Waals surface area contributed by atoms with Gasteiger partial charge in [0, 0.05) is 44.3 Å². The smallest absolute Gasteiger partial charge is 0.158 e. The molecule has 4 N–H and O–H groups in total. The maximum Gasteiger partial charge on any atom is 0.158 e. The molecule has 1 aliphatic carbocycles. The zero-order chi connectivity index (χ0) is 20.6. The topological polar surface area (TPSA) is 97.2 Å². The molecule has 1 saturated carbocycles. The van der Waals surface area contributed by atoms with Gasteiger partial charge in [0.05, 0.1) is 11.2 Å². The molecule has 1 spiro atoms. The SMILES string of the molecule is CN(C)c1nccc(Sc2ncc(N3CCC4(CCCC4N)CC3)nc2N)c1Cl. The summed E-state index contributed by atoms with van der Waals surface area (Å²) < 4.78 is 0. The van der Waals surface area contributed by atoms with Crippen molar-refractivity contribution in [2.75, 3.05) is 42.7 Å². The van der Waals surface area contributed by atoms with E-state index in [0.717, 1.165) is 43.1 Å². The highest BCUT2D eigenvalue weighted by Crippen LogP contribution is 2.46. The molecule has 1 saturated heterocycles. The first-order valence-corrected chi connectivity index (χ1v) is 11.2. The Bertz CT molecular complexity index is 883. The molecule has 1 atom stereocenters. The number of nitrogen functional groups attached to an aromatic ring is 1. The van der Waals surface area contributed by atoms with E-state index in [-0.39, 0.29) is 0 Å². The summed E-state index contributed by atoms with van der Waals surface area (Å²) >= 11 is 7.91. The zero-order valence-electron chi connectivity index (χ0n) is 16.9. The third-order valence-electron chi connectivity index (χ3n) is 6.28. The van der Waals surface area contributed by atoms with Gasteiger partial charge >= 0.3 is 0 Å². The van der Waals surface area contributed by atoms with Gasteiger partial charge in [-0.15, -0.1) is 0 Å². The van der Waals surface area contributed by atoms with Gasteiger partial charge in [0.2, 0.25) is 0 Å². The molecular formula is C20H28ClN7S. The summed E-state index contributed by atoms with van der Waals surface area (Å²) in [5.74, 6) is 1.97. The predicted molar refractivity (Wildman–Crippen MR) is 120 cm³/mol. The average molecular weight is 434 g/mol. The van der Waals surface area contributed by atoms with E-state index in [9.17, 15) is 0 Å². The van der Waals surface area contributed by atoms with Crippen molar-refractivity contribution in [3.05, 3.63) is 23.5 Å². The summed E-state index contributed by atoms with van der Waals surface area (Å²) in [4.78, 5) is 18.5. The van der Waals surface area contributed by atoms with Crippen LogP contribution in [0.25, 0.3) is 0 Å². The van der Waals surface area contributed by atoms with Gasteiger partial charge in [-0.1, -0.05) is 29.8 Å².